The molecule has 1 heterocycles. The molecule has 0 aromatic rings. The lowest BCUT2D eigenvalue weighted by atomic mass is 9.50. The van der Waals surface area contributed by atoms with Crippen molar-refractivity contribution < 1.29 is 43.2 Å². The largest absolute Gasteiger partial charge is 0.463 e. The molecule has 250 valence electrons. The third kappa shape index (κ3) is 5.93. The van der Waals surface area contributed by atoms with Crippen LogP contribution in [0.2, 0.25) is 0 Å². The normalized spacial score (nSPS) is 44.3. The van der Waals surface area contributed by atoms with E-state index >= 15 is 0 Å². The van der Waals surface area contributed by atoms with Crippen LogP contribution in [-0.4, -0.2) is 58.5 Å². The molecule has 1 aliphatic heterocycles. The standard InChI is InChI=1S/C36H52O9/c1-4-25(32(39)45-36-17-23-9-24(18-36)16-35(41,15-23)19-36)14-26(31(38)43-29-5-6-42-33(29)40)7-20(2)30(37)44-34(3)27-10-21-8-22(12-27)13-28(34)11-21/h20-29,41H,4-19H2,1-3H3. The number of carbonyl (C=O) groups is 4. The molecule has 9 fully saturated rings. The van der Waals surface area contributed by atoms with E-state index in [0.717, 1.165) is 69.6 Å². The first kappa shape index (κ1) is 31.4. The summed E-state index contributed by atoms with van der Waals surface area (Å²) in [5.74, 6) is -0.711. The molecule has 9 aliphatic rings. The first-order valence-corrected chi connectivity index (χ1v) is 17.9. The Kier molecular flexibility index (Phi) is 8.05. The monoisotopic (exact) mass is 628 g/mol. The summed E-state index contributed by atoms with van der Waals surface area (Å²) in [6, 6.07) is 0. The van der Waals surface area contributed by atoms with Gasteiger partial charge in [-0.05, 0) is 126 Å². The molecule has 9 nitrogen and oxygen atoms in total. The Hall–Kier alpha value is -2.16. The Bertz CT molecular complexity index is 1170. The van der Waals surface area contributed by atoms with Crippen LogP contribution in [-0.2, 0) is 38.1 Å². The molecule has 9 rings (SSSR count). The van der Waals surface area contributed by atoms with E-state index in [2.05, 4.69) is 6.92 Å². The molecule has 0 aromatic carbocycles. The summed E-state index contributed by atoms with van der Waals surface area (Å²) in [7, 11) is 0. The Balaban J connectivity index is 1.03. The lowest BCUT2D eigenvalue weighted by Gasteiger charge is -2.59. The fraction of sp³-hybridized carbons (Fsp3) is 0.889. The molecule has 9 heteroatoms. The summed E-state index contributed by atoms with van der Waals surface area (Å²) in [5, 5.41) is 11.2. The number of hydrogen-bond donors (Lipinski definition) is 1. The van der Waals surface area contributed by atoms with E-state index in [1.807, 2.05) is 6.92 Å². The van der Waals surface area contributed by atoms with Gasteiger partial charge in [0.25, 0.3) is 0 Å². The Morgan fingerprint density at radius 1 is 0.844 bits per heavy atom. The summed E-state index contributed by atoms with van der Waals surface area (Å²) in [6.45, 7) is 6.02. The fourth-order valence-electron chi connectivity index (χ4n) is 11.6. The van der Waals surface area contributed by atoms with Gasteiger partial charge in [-0.25, -0.2) is 4.79 Å². The van der Waals surface area contributed by atoms with Crippen molar-refractivity contribution in [3.63, 3.8) is 0 Å². The minimum atomic E-state index is -0.964. The summed E-state index contributed by atoms with van der Waals surface area (Å²) in [5.41, 5.74) is -1.86. The van der Waals surface area contributed by atoms with Crippen molar-refractivity contribution in [1.29, 1.82) is 0 Å². The number of hydrogen-bond acceptors (Lipinski definition) is 9. The average Bonchev–Trinajstić information content (AvgIpc) is 3.35. The van der Waals surface area contributed by atoms with E-state index in [0.29, 0.717) is 42.9 Å². The molecule has 45 heavy (non-hydrogen) atoms. The van der Waals surface area contributed by atoms with Crippen LogP contribution in [0, 0.1) is 53.3 Å². The van der Waals surface area contributed by atoms with Crippen molar-refractivity contribution in [3.8, 4) is 0 Å². The summed E-state index contributed by atoms with van der Waals surface area (Å²) >= 11 is 0. The highest BCUT2D eigenvalue weighted by Crippen LogP contribution is 2.60. The van der Waals surface area contributed by atoms with Crippen LogP contribution in [0.5, 0.6) is 0 Å². The van der Waals surface area contributed by atoms with Crippen molar-refractivity contribution in [3.05, 3.63) is 0 Å². The zero-order valence-corrected chi connectivity index (χ0v) is 27.3. The molecular weight excluding hydrogens is 576 g/mol. The highest BCUT2D eigenvalue weighted by molar-refractivity contribution is 5.82. The van der Waals surface area contributed by atoms with Crippen molar-refractivity contribution in [2.45, 2.75) is 140 Å². The smallest absolute Gasteiger partial charge is 0.347 e. The van der Waals surface area contributed by atoms with Gasteiger partial charge in [0.15, 0.2) is 0 Å². The lowest BCUT2D eigenvalue weighted by molar-refractivity contribution is -0.222. The molecule has 8 bridgehead atoms. The maximum atomic E-state index is 13.8. The van der Waals surface area contributed by atoms with Gasteiger partial charge in [0, 0.05) is 12.8 Å². The molecule has 1 saturated heterocycles. The first-order valence-electron chi connectivity index (χ1n) is 17.9. The average molecular weight is 629 g/mol. The number of carbonyl (C=O) groups excluding carboxylic acids is 4. The van der Waals surface area contributed by atoms with E-state index in [1.165, 1.54) is 6.42 Å². The van der Waals surface area contributed by atoms with Gasteiger partial charge in [0.2, 0.25) is 6.10 Å². The van der Waals surface area contributed by atoms with Gasteiger partial charge >= 0.3 is 23.9 Å². The van der Waals surface area contributed by atoms with Gasteiger partial charge < -0.3 is 24.1 Å². The number of rotatable bonds is 11. The highest BCUT2D eigenvalue weighted by atomic mass is 16.6. The van der Waals surface area contributed by atoms with Crippen molar-refractivity contribution >= 4 is 23.9 Å². The number of esters is 4. The minimum absolute atomic E-state index is 0.159. The number of cyclic esters (lactones) is 1. The van der Waals surface area contributed by atoms with E-state index in [-0.39, 0.29) is 31.4 Å². The van der Waals surface area contributed by atoms with Crippen molar-refractivity contribution in [1.82, 2.24) is 0 Å². The van der Waals surface area contributed by atoms with Gasteiger partial charge in [-0.3, -0.25) is 14.4 Å². The molecule has 8 aliphatic carbocycles. The fourth-order valence-corrected chi connectivity index (χ4v) is 11.6. The first-order chi connectivity index (χ1) is 21.4. The van der Waals surface area contributed by atoms with Crippen LogP contribution in [0.1, 0.15) is 117 Å². The second kappa shape index (κ2) is 11.5. The summed E-state index contributed by atoms with van der Waals surface area (Å²) in [4.78, 5) is 53.2. The maximum Gasteiger partial charge on any atom is 0.347 e. The topological polar surface area (TPSA) is 125 Å². The van der Waals surface area contributed by atoms with Crippen LogP contribution >= 0.6 is 0 Å². The highest BCUT2D eigenvalue weighted by Gasteiger charge is 2.60. The van der Waals surface area contributed by atoms with Gasteiger partial charge in [0.1, 0.15) is 11.2 Å². The lowest BCUT2D eigenvalue weighted by Crippen LogP contribution is -2.60. The number of aliphatic hydroxyl groups is 1. The summed E-state index contributed by atoms with van der Waals surface area (Å²) in [6.07, 6.45) is 10.6. The predicted octanol–water partition coefficient (Wildman–Crippen LogP) is 5.29. The zero-order chi connectivity index (χ0) is 31.7. The molecule has 8 saturated carbocycles. The maximum absolute atomic E-state index is 13.8. The van der Waals surface area contributed by atoms with E-state index < -0.39 is 52.6 Å². The third-order valence-electron chi connectivity index (χ3n) is 13.3. The van der Waals surface area contributed by atoms with E-state index in [9.17, 15) is 24.3 Å². The second-order valence-corrected chi connectivity index (χ2v) is 16.8. The van der Waals surface area contributed by atoms with Crippen LogP contribution in [0.4, 0.5) is 0 Å². The van der Waals surface area contributed by atoms with Crippen molar-refractivity contribution in [2.24, 2.45) is 53.3 Å². The van der Waals surface area contributed by atoms with Gasteiger partial charge in [-0.15, -0.1) is 0 Å². The predicted molar refractivity (Wildman–Crippen MR) is 161 cm³/mol. The summed E-state index contributed by atoms with van der Waals surface area (Å²) < 4.78 is 23.3. The van der Waals surface area contributed by atoms with Crippen LogP contribution < -0.4 is 0 Å². The molecule has 0 aromatic heterocycles. The molecule has 0 spiro atoms. The molecule has 6 atom stereocenters. The molecule has 0 amide bonds. The van der Waals surface area contributed by atoms with Crippen LogP contribution in [0.3, 0.4) is 0 Å². The Morgan fingerprint density at radius 2 is 1.47 bits per heavy atom. The van der Waals surface area contributed by atoms with Crippen LogP contribution in [0.15, 0.2) is 0 Å². The van der Waals surface area contributed by atoms with Gasteiger partial charge in [-0.1, -0.05) is 13.8 Å². The molecule has 1 N–H and O–H groups in total. The SMILES string of the molecule is CCC(CC(CC(C)C(=O)OC1(C)C2CC3CC(C2)CC1C3)C(=O)OC1CCOC1=O)C(=O)OC12CC3CC(CC(O)(C3)C1)C2. The molecular formula is C36H52O9. The third-order valence-corrected chi connectivity index (χ3v) is 13.3. The van der Waals surface area contributed by atoms with E-state index in [4.69, 9.17) is 18.9 Å². The van der Waals surface area contributed by atoms with Gasteiger partial charge in [-0.2, -0.15) is 0 Å². The minimum Gasteiger partial charge on any atom is -0.463 e. The Morgan fingerprint density at radius 3 is 2.02 bits per heavy atom. The Labute approximate surface area is 266 Å². The molecule has 6 unspecified atom stereocenters. The zero-order valence-electron chi connectivity index (χ0n) is 27.3. The number of ether oxygens (including phenoxy) is 4. The van der Waals surface area contributed by atoms with E-state index in [1.54, 1.807) is 6.92 Å². The second-order valence-electron chi connectivity index (χ2n) is 16.8. The van der Waals surface area contributed by atoms with Crippen molar-refractivity contribution in [2.75, 3.05) is 6.61 Å². The van der Waals surface area contributed by atoms with Crippen LogP contribution in [0.25, 0.3) is 0 Å². The molecule has 0 radical (unpaired) electrons. The van der Waals surface area contributed by atoms with Gasteiger partial charge in [0.05, 0.1) is 30.0 Å². The quantitative estimate of drug-likeness (QED) is 0.240.